The van der Waals surface area contributed by atoms with Gasteiger partial charge < -0.3 is 9.64 Å². The van der Waals surface area contributed by atoms with E-state index in [-0.39, 0.29) is 35.0 Å². The minimum atomic E-state index is -5.57. The molecular weight excluding hydrogens is 715 g/mol. The number of sulfonamides is 1. The van der Waals surface area contributed by atoms with Crippen LogP contribution in [0.5, 0.6) is 0 Å². The lowest BCUT2D eigenvalue weighted by molar-refractivity contribution is -0.119. The standard InChI is InChI=1S/C37H28ClF5N2O5S/c1-23-7-9-25(10-8-23)20-45(29-17-13-27(14-18-29)37(47)50-22-26-5-3-2-4-6-26)30(46)21-44(19-24-11-15-28(38)16-12-24)51(48,49)36-34(42)32(40)31(39)33(41)35(36)43/h2-18H,19-22H2,1H3. The van der Waals surface area contributed by atoms with Crippen LogP contribution in [-0.2, 0) is 39.3 Å². The van der Waals surface area contributed by atoms with E-state index in [1.54, 1.807) is 48.5 Å². The maximum atomic E-state index is 14.9. The molecule has 0 atom stereocenters. The Bertz CT molecular complexity index is 2120. The van der Waals surface area contributed by atoms with Gasteiger partial charge in [0.2, 0.25) is 21.7 Å². The highest BCUT2D eigenvalue weighted by Gasteiger charge is 2.38. The van der Waals surface area contributed by atoms with Crippen molar-refractivity contribution in [2.45, 2.75) is 31.5 Å². The van der Waals surface area contributed by atoms with Crippen LogP contribution in [0, 0.1) is 36.0 Å². The van der Waals surface area contributed by atoms with Crippen LogP contribution in [0.25, 0.3) is 0 Å². The molecule has 0 aliphatic heterocycles. The highest BCUT2D eigenvalue weighted by molar-refractivity contribution is 7.89. The molecule has 0 bridgehead atoms. The molecule has 1 amide bonds. The summed E-state index contributed by atoms with van der Waals surface area (Å²) in [5, 5.41) is 0.265. The number of esters is 1. The minimum absolute atomic E-state index is 0.0143. The summed E-state index contributed by atoms with van der Waals surface area (Å²) in [5.74, 6) is -14.2. The van der Waals surface area contributed by atoms with Crippen LogP contribution in [0.1, 0.15) is 32.6 Å². The number of carbonyl (C=O) groups excluding carboxylic acids is 2. The number of nitrogens with zero attached hydrogens (tertiary/aromatic N) is 2. The van der Waals surface area contributed by atoms with Crippen LogP contribution in [0.2, 0.25) is 5.02 Å². The number of anilines is 1. The van der Waals surface area contributed by atoms with Gasteiger partial charge in [-0.3, -0.25) is 4.79 Å². The lowest BCUT2D eigenvalue weighted by atomic mass is 10.1. The predicted molar refractivity (Wildman–Crippen MR) is 180 cm³/mol. The Kier molecular flexibility index (Phi) is 11.5. The van der Waals surface area contributed by atoms with Crippen LogP contribution in [0.4, 0.5) is 27.6 Å². The van der Waals surface area contributed by atoms with E-state index in [2.05, 4.69) is 0 Å². The number of hydrogen-bond acceptors (Lipinski definition) is 5. The molecule has 264 valence electrons. The third kappa shape index (κ3) is 8.62. The highest BCUT2D eigenvalue weighted by Crippen LogP contribution is 2.31. The van der Waals surface area contributed by atoms with Gasteiger partial charge in [0.25, 0.3) is 0 Å². The third-order valence-corrected chi connectivity index (χ3v) is 9.81. The van der Waals surface area contributed by atoms with Crippen molar-refractivity contribution in [3.05, 3.63) is 165 Å². The molecule has 5 aromatic rings. The molecule has 0 N–H and O–H groups in total. The Morgan fingerprint density at radius 1 is 0.667 bits per heavy atom. The summed E-state index contributed by atoms with van der Waals surface area (Å²) in [4.78, 5) is 25.9. The van der Waals surface area contributed by atoms with Crippen molar-refractivity contribution in [3.8, 4) is 0 Å². The summed E-state index contributed by atoms with van der Waals surface area (Å²) in [6.45, 7) is -0.0810. The number of hydrogen-bond donors (Lipinski definition) is 0. The van der Waals surface area contributed by atoms with Crippen molar-refractivity contribution in [1.82, 2.24) is 4.31 Å². The number of benzene rings is 5. The molecule has 0 aromatic heterocycles. The summed E-state index contributed by atoms with van der Waals surface area (Å²) < 4.78 is 105. The highest BCUT2D eigenvalue weighted by atomic mass is 35.5. The fourth-order valence-corrected chi connectivity index (χ4v) is 6.60. The Balaban J connectivity index is 1.50. The predicted octanol–water partition coefficient (Wildman–Crippen LogP) is 8.13. The molecule has 0 unspecified atom stereocenters. The zero-order valence-corrected chi connectivity index (χ0v) is 28.3. The molecule has 0 saturated carbocycles. The van der Waals surface area contributed by atoms with Gasteiger partial charge in [-0.05, 0) is 60.0 Å². The van der Waals surface area contributed by atoms with Crippen LogP contribution >= 0.6 is 11.6 Å². The van der Waals surface area contributed by atoms with Gasteiger partial charge >= 0.3 is 5.97 Å². The SMILES string of the molecule is Cc1ccc(CN(C(=O)CN(Cc2ccc(Cl)cc2)S(=O)(=O)c2c(F)c(F)c(F)c(F)c2F)c2ccc(C(=O)OCc3ccccc3)cc2)cc1. The van der Waals surface area contributed by atoms with Crippen LogP contribution in [-0.4, -0.2) is 31.1 Å². The molecule has 51 heavy (non-hydrogen) atoms. The second kappa shape index (κ2) is 15.8. The van der Waals surface area contributed by atoms with Gasteiger partial charge in [-0.1, -0.05) is 83.9 Å². The number of amides is 1. The number of carbonyl (C=O) groups is 2. The monoisotopic (exact) mass is 742 g/mol. The molecule has 0 saturated heterocycles. The average Bonchev–Trinajstić information content (AvgIpc) is 3.13. The first kappa shape index (κ1) is 37.2. The molecule has 7 nitrogen and oxygen atoms in total. The molecule has 0 radical (unpaired) electrons. The number of ether oxygens (including phenoxy) is 1. The van der Waals surface area contributed by atoms with E-state index < -0.39 is 69.0 Å². The van der Waals surface area contributed by atoms with E-state index in [9.17, 15) is 40.0 Å². The Hall–Kier alpha value is -5.11. The fourth-order valence-electron chi connectivity index (χ4n) is 4.98. The van der Waals surface area contributed by atoms with E-state index in [0.717, 1.165) is 16.0 Å². The van der Waals surface area contributed by atoms with Gasteiger partial charge in [-0.2, -0.15) is 4.31 Å². The maximum absolute atomic E-state index is 14.9. The zero-order valence-electron chi connectivity index (χ0n) is 26.8. The number of aryl methyl sites for hydroxylation is 1. The third-order valence-electron chi connectivity index (χ3n) is 7.74. The van der Waals surface area contributed by atoms with Gasteiger partial charge in [-0.15, -0.1) is 0 Å². The Morgan fingerprint density at radius 3 is 1.78 bits per heavy atom. The van der Waals surface area contributed by atoms with Gasteiger partial charge in [-0.25, -0.2) is 35.2 Å². The topological polar surface area (TPSA) is 84.0 Å². The Labute approximate surface area is 295 Å². The first-order chi connectivity index (χ1) is 24.3. The zero-order chi connectivity index (χ0) is 36.9. The normalized spacial score (nSPS) is 11.5. The van der Waals surface area contributed by atoms with E-state index in [4.69, 9.17) is 16.3 Å². The van der Waals surface area contributed by atoms with Gasteiger partial charge in [0.15, 0.2) is 28.2 Å². The largest absolute Gasteiger partial charge is 0.457 e. The maximum Gasteiger partial charge on any atom is 0.338 e. The van der Waals surface area contributed by atoms with E-state index >= 15 is 0 Å². The van der Waals surface area contributed by atoms with E-state index in [0.29, 0.717) is 9.87 Å². The van der Waals surface area contributed by atoms with E-state index in [1.165, 1.54) is 48.5 Å². The first-order valence-electron chi connectivity index (χ1n) is 15.2. The molecular formula is C37H28ClF5N2O5S. The van der Waals surface area contributed by atoms with Crippen molar-refractivity contribution in [1.29, 1.82) is 0 Å². The summed E-state index contributed by atoms with van der Waals surface area (Å²) in [7, 11) is -5.57. The molecule has 0 fully saturated rings. The molecule has 0 spiro atoms. The molecule has 0 aliphatic carbocycles. The van der Waals surface area contributed by atoms with Crippen LogP contribution < -0.4 is 4.90 Å². The fraction of sp³-hybridized carbons (Fsp3) is 0.135. The summed E-state index contributed by atoms with van der Waals surface area (Å²) in [6.07, 6.45) is 0. The first-order valence-corrected chi connectivity index (χ1v) is 17.0. The van der Waals surface area contributed by atoms with Gasteiger partial charge in [0.05, 0.1) is 18.7 Å². The van der Waals surface area contributed by atoms with E-state index in [1.807, 2.05) is 13.0 Å². The summed E-state index contributed by atoms with van der Waals surface area (Å²) in [6, 6.07) is 27.1. The second-order valence-corrected chi connectivity index (χ2v) is 13.7. The van der Waals surface area contributed by atoms with Crippen molar-refractivity contribution < 1.29 is 44.7 Å². The van der Waals surface area contributed by atoms with Gasteiger partial charge in [0.1, 0.15) is 6.61 Å². The molecule has 0 heterocycles. The summed E-state index contributed by atoms with van der Waals surface area (Å²) in [5.41, 5.74) is 2.81. The average molecular weight is 743 g/mol. The Morgan fingerprint density at radius 2 is 1.20 bits per heavy atom. The quantitative estimate of drug-likeness (QED) is 0.0558. The van der Waals surface area contributed by atoms with Crippen molar-refractivity contribution in [2.75, 3.05) is 11.4 Å². The molecule has 0 aliphatic rings. The van der Waals surface area contributed by atoms with Gasteiger partial charge in [0, 0.05) is 17.3 Å². The van der Waals surface area contributed by atoms with Crippen LogP contribution in [0.15, 0.2) is 108 Å². The van der Waals surface area contributed by atoms with Crippen molar-refractivity contribution in [2.24, 2.45) is 0 Å². The second-order valence-electron chi connectivity index (χ2n) is 11.4. The molecule has 5 aromatic carbocycles. The number of halogens is 6. The molecule has 5 rings (SSSR count). The summed E-state index contributed by atoms with van der Waals surface area (Å²) >= 11 is 5.94. The lowest BCUT2D eigenvalue weighted by Crippen LogP contribution is -2.43. The minimum Gasteiger partial charge on any atom is -0.457 e. The lowest BCUT2D eigenvalue weighted by Gasteiger charge is -2.28. The van der Waals surface area contributed by atoms with Crippen LogP contribution in [0.3, 0.4) is 0 Å². The van der Waals surface area contributed by atoms with Crippen molar-refractivity contribution in [3.63, 3.8) is 0 Å². The molecule has 14 heteroatoms. The van der Waals surface area contributed by atoms with Crippen molar-refractivity contribution >= 4 is 39.2 Å². The smallest absolute Gasteiger partial charge is 0.338 e. The number of rotatable bonds is 12.